The van der Waals surface area contributed by atoms with E-state index in [1.54, 1.807) is 13.8 Å². The van der Waals surface area contributed by atoms with Gasteiger partial charge in [-0.3, -0.25) is 14.1 Å². The standard InChI is InChI=1S/C17H31NO5/c1-4-5-6-7-8-9-10-18(13-19,11-14(2)16(20)21)12-15(3)17(22)23/h8-9,14-15,19H,4-7,10-13H2,1-3H3,(H-,20,21,22,23)/p+1/b9-8+. The van der Waals surface area contributed by atoms with Gasteiger partial charge in [-0.15, -0.1) is 0 Å². The molecule has 0 radical (unpaired) electrons. The fourth-order valence-electron chi connectivity index (χ4n) is 2.64. The van der Waals surface area contributed by atoms with Crippen molar-refractivity contribution in [3.05, 3.63) is 12.2 Å². The van der Waals surface area contributed by atoms with Gasteiger partial charge in [-0.05, 0) is 32.8 Å². The molecule has 0 saturated carbocycles. The third-order valence-corrected chi connectivity index (χ3v) is 4.10. The number of quaternary nitrogens is 1. The molecule has 0 fully saturated rings. The molecule has 0 aromatic carbocycles. The summed E-state index contributed by atoms with van der Waals surface area (Å²) in [5.41, 5.74) is 0. The van der Waals surface area contributed by atoms with Gasteiger partial charge < -0.3 is 15.3 Å². The number of carboxylic acids is 2. The summed E-state index contributed by atoms with van der Waals surface area (Å²) in [6.45, 7) is 5.90. The molecule has 0 aromatic rings. The summed E-state index contributed by atoms with van der Waals surface area (Å²) in [5.74, 6) is -3.15. The zero-order valence-corrected chi connectivity index (χ0v) is 14.6. The lowest BCUT2D eigenvalue weighted by molar-refractivity contribution is -0.943. The summed E-state index contributed by atoms with van der Waals surface area (Å²) in [4.78, 5) is 22.3. The first-order valence-electron chi connectivity index (χ1n) is 8.34. The van der Waals surface area contributed by atoms with Gasteiger partial charge in [0.05, 0.1) is 19.6 Å². The smallest absolute Gasteiger partial charge is 0.311 e. The number of unbranched alkanes of at least 4 members (excludes halogenated alkanes) is 3. The van der Waals surface area contributed by atoms with Crippen LogP contribution < -0.4 is 0 Å². The Morgan fingerprint density at radius 1 is 1.00 bits per heavy atom. The number of hydrogen-bond acceptors (Lipinski definition) is 3. The van der Waals surface area contributed by atoms with Crippen LogP contribution in [0.3, 0.4) is 0 Å². The average molecular weight is 330 g/mol. The molecule has 2 unspecified atom stereocenters. The maximum Gasteiger partial charge on any atom is 0.311 e. The molecule has 6 heteroatoms. The molecular weight excluding hydrogens is 298 g/mol. The van der Waals surface area contributed by atoms with Gasteiger partial charge in [-0.1, -0.05) is 25.8 Å². The van der Waals surface area contributed by atoms with E-state index in [0.717, 1.165) is 25.7 Å². The minimum atomic E-state index is -0.934. The van der Waals surface area contributed by atoms with Crippen molar-refractivity contribution in [1.29, 1.82) is 0 Å². The van der Waals surface area contributed by atoms with Gasteiger partial charge in [0.15, 0.2) is 6.73 Å². The Bertz CT molecular complexity index is 372. The van der Waals surface area contributed by atoms with Gasteiger partial charge >= 0.3 is 11.9 Å². The molecule has 134 valence electrons. The summed E-state index contributed by atoms with van der Waals surface area (Å²) in [6, 6.07) is 0. The third-order valence-electron chi connectivity index (χ3n) is 4.10. The first kappa shape index (κ1) is 21.6. The van der Waals surface area contributed by atoms with Gasteiger partial charge in [0, 0.05) is 0 Å². The van der Waals surface area contributed by atoms with Crippen LogP contribution >= 0.6 is 0 Å². The second-order valence-electron chi connectivity index (χ2n) is 6.48. The number of aliphatic carboxylic acids is 2. The molecule has 0 aliphatic heterocycles. The minimum absolute atomic E-state index is 0.0607. The van der Waals surface area contributed by atoms with E-state index >= 15 is 0 Å². The Kier molecular flexibility index (Phi) is 10.5. The van der Waals surface area contributed by atoms with E-state index in [4.69, 9.17) is 10.2 Å². The molecular formula is C17H32NO5+. The van der Waals surface area contributed by atoms with Crippen molar-refractivity contribution in [2.75, 3.05) is 26.4 Å². The molecule has 0 amide bonds. The first-order valence-corrected chi connectivity index (χ1v) is 8.34. The molecule has 0 bridgehead atoms. The van der Waals surface area contributed by atoms with E-state index in [2.05, 4.69) is 6.92 Å². The van der Waals surface area contributed by atoms with E-state index in [1.807, 2.05) is 12.2 Å². The lowest BCUT2D eigenvalue weighted by atomic mass is 10.1. The highest BCUT2D eigenvalue weighted by atomic mass is 16.4. The normalized spacial score (nSPS) is 16.9. The number of hydrogen-bond donors (Lipinski definition) is 3. The minimum Gasteiger partial charge on any atom is -0.481 e. The predicted molar refractivity (Wildman–Crippen MR) is 88.8 cm³/mol. The van der Waals surface area contributed by atoms with Crippen LogP contribution in [0.2, 0.25) is 0 Å². The highest BCUT2D eigenvalue weighted by molar-refractivity contribution is 5.70. The molecule has 0 aliphatic rings. The number of aliphatic hydroxyl groups is 1. The average Bonchev–Trinajstić information content (AvgIpc) is 2.50. The van der Waals surface area contributed by atoms with Crippen LogP contribution in [0.15, 0.2) is 12.2 Å². The van der Waals surface area contributed by atoms with Crippen molar-refractivity contribution >= 4 is 11.9 Å². The number of nitrogens with zero attached hydrogens (tertiary/aromatic N) is 1. The summed E-state index contributed by atoms with van der Waals surface area (Å²) in [5, 5.41) is 28.1. The largest absolute Gasteiger partial charge is 0.481 e. The van der Waals surface area contributed by atoms with Crippen LogP contribution in [0.1, 0.15) is 46.5 Å². The van der Waals surface area contributed by atoms with Gasteiger partial charge in [-0.25, -0.2) is 0 Å². The van der Waals surface area contributed by atoms with Crippen LogP contribution in [-0.2, 0) is 9.59 Å². The number of allylic oxidation sites excluding steroid dienone is 1. The van der Waals surface area contributed by atoms with E-state index in [9.17, 15) is 14.7 Å². The van der Waals surface area contributed by atoms with Gasteiger partial charge in [-0.2, -0.15) is 0 Å². The Labute approximate surface area is 139 Å². The van der Waals surface area contributed by atoms with Crippen molar-refractivity contribution in [1.82, 2.24) is 0 Å². The van der Waals surface area contributed by atoms with Crippen molar-refractivity contribution in [2.24, 2.45) is 11.8 Å². The van der Waals surface area contributed by atoms with Crippen LogP contribution in [0.4, 0.5) is 0 Å². The predicted octanol–water partition coefficient (Wildman–Crippen LogP) is 2.33. The summed E-state index contributed by atoms with van der Waals surface area (Å²) >= 11 is 0. The lowest BCUT2D eigenvalue weighted by Crippen LogP contribution is -2.55. The van der Waals surface area contributed by atoms with E-state index < -0.39 is 23.8 Å². The number of carbonyl (C=O) groups is 2. The van der Waals surface area contributed by atoms with Crippen LogP contribution in [0.5, 0.6) is 0 Å². The first-order chi connectivity index (χ1) is 10.8. The Morgan fingerprint density at radius 2 is 1.52 bits per heavy atom. The molecule has 0 saturated heterocycles. The third kappa shape index (κ3) is 8.71. The molecule has 0 spiro atoms. The fourth-order valence-corrected chi connectivity index (χ4v) is 2.64. The summed E-state index contributed by atoms with van der Waals surface area (Å²) < 4.78 is 0.0607. The molecule has 0 rings (SSSR count). The highest BCUT2D eigenvalue weighted by Gasteiger charge is 2.34. The molecule has 2 atom stereocenters. The van der Waals surface area contributed by atoms with Gasteiger partial charge in [0.25, 0.3) is 0 Å². The molecule has 3 N–H and O–H groups in total. The van der Waals surface area contributed by atoms with Gasteiger partial charge in [0.2, 0.25) is 0 Å². The maximum atomic E-state index is 11.1. The lowest BCUT2D eigenvalue weighted by Gasteiger charge is -2.38. The van der Waals surface area contributed by atoms with Crippen LogP contribution in [-0.4, -0.2) is 58.1 Å². The van der Waals surface area contributed by atoms with E-state index in [1.165, 1.54) is 0 Å². The number of carboxylic acid groups (broad SMARTS) is 2. The highest BCUT2D eigenvalue weighted by Crippen LogP contribution is 2.16. The van der Waals surface area contributed by atoms with Gasteiger partial charge in [0.1, 0.15) is 11.8 Å². The number of rotatable bonds is 13. The molecule has 0 aliphatic carbocycles. The zero-order valence-electron chi connectivity index (χ0n) is 14.6. The molecule has 0 heterocycles. The van der Waals surface area contributed by atoms with Crippen molar-refractivity contribution in [3.63, 3.8) is 0 Å². The van der Waals surface area contributed by atoms with E-state index in [0.29, 0.717) is 6.54 Å². The van der Waals surface area contributed by atoms with Crippen molar-refractivity contribution in [3.8, 4) is 0 Å². The maximum absolute atomic E-state index is 11.1. The topological polar surface area (TPSA) is 94.8 Å². The second-order valence-corrected chi connectivity index (χ2v) is 6.48. The fraction of sp³-hybridized carbons (Fsp3) is 0.765. The summed E-state index contributed by atoms with van der Waals surface area (Å²) in [7, 11) is 0. The SMILES string of the molecule is CCCCC/C=C/C[N+](CO)(CC(C)C(=O)O)CC(C)C(=O)O. The Morgan fingerprint density at radius 3 is 1.91 bits per heavy atom. The second kappa shape index (κ2) is 11.2. The molecule has 23 heavy (non-hydrogen) atoms. The summed E-state index contributed by atoms with van der Waals surface area (Å²) in [6.07, 6.45) is 8.34. The Balaban J connectivity index is 4.93. The Hall–Kier alpha value is -1.40. The quantitative estimate of drug-likeness (QED) is 0.208. The number of aliphatic hydroxyl groups excluding tert-OH is 1. The van der Waals surface area contributed by atoms with Crippen molar-refractivity contribution < 1.29 is 29.4 Å². The van der Waals surface area contributed by atoms with Crippen LogP contribution in [0, 0.1) is 11.8 Å². The van der Waals surface area contributed by atoms with Crippen LogP contribution in [0.25, 0.3) is 0 Å². The van der Waals surface area contributed by atoms with E-state index in [-0.39, 0.29) is 24.3 Å². The molecule has 0 aromatic heterocycles. The monoisotopic (exact) mass is 330 g/mol. The zero-order chi connectivity index (χ0) is 17.9. The molecule has 6 nitrogen and oxygen atoms in total. The van der Waals surface area contributed by atoms with Crippen molar-refractivity contribution in [2.45, 2.75) is 46.5 Å².